The van der Waals surface area contributed by atoms with Gasteiger partial charge in [0.25, 0.3) is 0 Å². The van der Waals surface area contributed by atoms with E-state index in [1.54, 1.807) is 0 Å². The van der Waals surface area contributed by atoms with Gasteiger partial charge in [-0.05, 0) is 30.4 Å². The first-order valence-electron chi connectivity index (χ1n) is 6.46. The highest BCUT2D eigenvalue weighted by Crippen LogP contribution is 2.17. The molecule has 0 aromatic heterocycles. The highest BCUT2D eigenvalue weighted by Gasteiger charge is 2.20. The number of carbonyl (C=O) groups is 1. The lowest BCUT2D eigenvalue weighted by molar-refractivity contribution is -0.120. The number of nitrogens with one attached hydrogen (secondary N) is 2. The SMILES string of the molecule is O=C(CNC1CC1)NCCc1ccc(CO)cc1. The van der Waals surface area contributed by atoms with Gasteiger partial charge in [0.1, 0.15) is 0 Å². The number of rotatable bonds is 7. The van der Waals surface area contributed by atoms with Crippen molar-refractivity contribution in [1.29, 1.82) is 0 Å². The quantitative estimate of drug-likeness (QED) is 0.662. The van der Waals surface area contributed by atoms with Crippen LogP contribution in [0.25, 0.3) is 0 Å². The zero-order chi connectivity index (χ0) is 12.8. The van der Waals surface area contributed by atoms with Crippen LogP contribution in [0, 0.1) is 0 Å². The minimum absolute atomic E-state index is 0.0638. The van der Waals surface area contributed by atoms with Gasteiger partial charge in [-0.25, -0.2) is 0 Å². The van der Waals surface area contributed by atoms with Crippen molar-refractivity contribution in [1.82, 2.24) is 10.6 Å². The van der Waals surface area contributed by atoms with E-state index in [4.69, 9.17) is 5.11 Å². The third-order valence-electron chi connectivity index (χ3n) is 3.07. The van der Waals surface area contributed by atoms with Crippen molar-refractivity contribution < 1.29 is 9.90 Å². The molecule has 1 aromatic rings. The van der Waals surface area contributed by atoms with Crippen LogP contribution in [-0.4, -0.2) is 30.1 Å². The van der Waals surface area contributed by atoms with Gasteiger partial charge in [0.05, 0.1) is 13.2 Å². The molecule has 3 N–H and O–H groups in total. The molecule has 1 aromatic carbocycles. The average Bonchev–Trinajstić information content (AvgIpc) is 3.21. The van der Waals surface area contributed by atoms with E-state index >= 15 is 0 Å². The van der Waals surface area contributed by atoms with Crippen LogP contribution in [-0.2, 0) is 17.8 Å². The normalized spacial score (nSPS) is 14.5. The predicted octanol–water partition coefficient (Wildman–Crippen LogP) is 0.590. The molecule has 98 valence electrons. The molecule has 2 rings (SSSR count). The molecule has 0 aliphatic heterocycles. The summed E-state index contributed by atoms with van der Waals surface area (Å²) in [5, 5.41) is 15.0. The van der Waals surface area contributed by atoms with Crippen LogP contribution in [0.5, 0.6) is 0 Å². The predicted molar refractivity (Wildman–Crippen MR) is 70.1 cm³/mol. The summed E-state index contributed by atoms with van der Waals surface area (Å²) >= 11 is 0. The lowest BCUT2D eigenvalue weighted by Gasteiger charge is -2.06. The molecular weight excluding hydrogens is 228 g/mol. The Hall–Kier alpha value is -1.39. The van der Waals surface area contributed by atoms with Crippen molar-refractivity contribution in [3.05, 3.63) is 35.4 Å². The Kier molecular flexibility index (Phi) is 4.73. The standard InChI is InChI=1S/C14H20N2O2/c17-10-12-3-1-11(2-4-12)7-8-15-14(18)9-16-13-5-6-13/h1-4,13,16-17H,5-10H2,(H,15,18). The highest BCUT2D eigenvalue weighted by atomic mass is 16.3. The largest absolute Gasteiger partial charge is 0.392 e. The molecule has 0 radical (unpaired) electrons. The highest BCUT2D eigenvalue weighted by molar-refractivity contribution is 5.78. The molecule has 18 heavy (non-hydrogen) atoms. The molecule has 1 aliphatic carbocycles. The fourth-order valence-corrected chi connectivity index (χ4v) is 1.74. The Morgan fingerprint density at radius 3 is 2.50 bits per heavy atom. The molecule has 0 bridgehead atoms. The maximum absolute atomic E-state index is 11.5. The van der Waals surface area contributed by atoms with E-state index in [-0.39, 0.29) is 12.5 Å². The van der Waals surface area contributed by atoms with Crippen molar-refractivity contribution in [2.45, 2.75) is 31.9 Å². The number of aliphatic hydroxyl groups is 1. The molecule has 4 nitrogen and oxygen atoms in total. The average molecular weight is 248 g/mol. The summed E-state index contributed by atoms with van der Waals surface area (Å²) in [6.45, 7) is 1.15. The van der Waals surface area contributed by atoms with Crippen LogP contribution in [0.3, 0.4) is 0 Å². The van der Waals surface area contributed by atoms with Gasteiger partial charge >= 0.3 is 0 Å². The molecule has 1 saturated carbocycles. The van der Waals surface area contributed by atoms with Gasteiger partial charge in [-0.1, -0.05) is 24.3 Å². The second-order valence-corrected chi connectivity index (χ2v) is 4.73. The summed E-state index contributed by atoms with van der Waals surface area (Å²) in [5.74, 6) is 0.0638. The number of amides is 1. The molecule has 4 heteroatoms. The molecule has 0 atom stereocenters. The Labute approximate surface area is 107 Å². The molecule has 1 aliphatic rings. The summed E-state index contributed by atoms with van der Waals surface area (Å²) in [7, 11) is 0. The number of aliphatic hydroxyl groups excluding tert-OH is 1. The number of hydrogen-bond acceptors (Lipinski definition) is 3. The topological polar surface area (TPSA) is 61.4 Å². The summed E-state index contributed by atoms with van der Waals surface area (Å²) < 4.78 is 0. The van der Waals surface area contributed by atoms with Gasteiger partial charge in [0, 0.05) is 12.6 Å². The van der Waals surface area contributed by atoms with Gasteiger partial charge in [0.15, 0.2) is 0 Å². The monoisotopic (exact) mass is 248 g/mol. The zero-order valence-corrected chi connectivity index (χ0v) is 10.5. The molecule has 0 saturated heterocycles. The minimum Gasteiger partial charge on any atom is -0.392 e. The van der Waals surface area contributed by atoms with Crippen LogP contribution >= 0.6 is 0 Å². The second kappa shape index (κ2) is 6.52. The third-order valence-corrected chi connectivity index (χ3v) is 3.07. The van der Waals surface area contributed by atoms with Crippen LogP contribution in [0.1, 0.15) is 24.0 Å². The third kappa shape index (κ3) is 4.47. The van der Waals surface area contributed by atoms with Gasteiger partial charge in [0.2, 0.25) is 5.91 Å². The van der Waals surface area contributed by atoms with E-state index in [0.717, 1.165) is 12.0 Å². The van der Waals surface area contributed by atoms with Gasteiger partial charge < -0.3 is 15.7 Å². The first-order chi connectivity index (χ1) is 8.78. The summed E-state index contributed by atoms with van der Waals surface area (Å²) in [5.41, 5.74) is 2.08. The van der Waals surface area contributed by atoms with Crippen LogP contribution in [0.15, 0.2) is 24.3 Å². The van der Waals surface area contributed by atoms with Crippen molar-refractivity contribution in [3.63, 3.8) is 0 Å². The second-order valence-electron chi connectivity index (χ2n) is 4.73. The molecule has 1 amide bonds. The Morgan fingerprint density at radius 1 is 1.22 bits per heavy atom. The van der Waals surface area contributed by atoms with Crippen LogP contribution in [0.2, 0.25) is 0 Å². The van der Waals surface area contributed by atoms with Crippen molar-refractivity contribution in [2.24, 2.45) is 0 Å². The summed E-state index contributed by atoms with van der Waals surface area (Å²) in [6, 6.07) is 8.36. The molecule has 1 fully saturated rings. The summed E-state index contributed by atoms with van der Waals surface area (Å²) in [4.78, 5) is 11.5. The van der Waals surface area contributed by atoms with Crippen LogP contribution in [0.4, 0.5) is 0 Å². The van der Waals surface area contributed by atoms with E-state index in [1.165, 1.54) is 18.4 Å². The van der Waals surface area contributed by atoms with E-state index < -0.39 is 0 Å². The maximum Gasteiger partial charge on any atom is 0.233 e. The van der Waals surface area contributed by atoms with Crippen LogP contribution < -0.4 is 10.6 Å². The Balaban J connectivity index is 1.62. The van der Waals surface area contributed by atoms with Gasteiger partial charge in [-0.3, -0.25) is 4.79 Å². The smallest absolute Gasteiger partial charge is 0.233 e. The van der Waals surface area contributed by atoms with E-state index in [0.29, 0.717) is 19.1 Å². The van der Waals surface area contributed by atoms with Crippen molar-refractivity contribution in [3.8, 4) is 0 Å². The zero-order valence-electron chi connectivity index (χ0n) is 10.5. The van der Waals surface area contributed by atoms with Crippen molar-refractivity contribution >= 4 is 5.91 Å². The fourth-order valence-electron chi connectivity index (χ4n) is 1.74. The molecular formula is C14H20N2O2. The first kappa shape index (κ1) is 13.1. The first-order valence-corrected chi connectivity index (χ1v) is 6.46. The van der Waals surface area contributed by atoms with Gasteiger partial charge in [-0.2, -0.15) is 0 Å². The minimum atomic E-state index is 0.0638. The Morgan fingerprint density at radius 2 is 1.89 bits per heavy atom. The number of benzene rings is 1. The molecule has 0 heterocycles. The van der Waals surface area contributed by atoms with E-state index in [2.05, 4.69) is 10.6 Å². The fraction of sp³-hybridized carbons (Fsp3) is 0.500. The van der Waals surface area contributed by atoms with Crippen molar-refractivity contribution in [2.75, 3.05) is 13.1 Å². The molecule has 0 spiro atoms. The number of hydrogen-bond donors (Lipinski definition) is 3. The van der Waals surface area contributed by atoms with Gasteiger partial charge in [-0.15, -0.1) is 0 Å². The lowest BCUT2D eigenvalue weighted by atomic mass is 10.1. The van der Waals surface area contributed by atoms with E-state index in [1.807, 2.05) is 24.3 Å². The van der Waals surface area contributed by atoms with E-state index in [9.17, 15) is 4.79 Å². The maximum atomic E-state index is 11.5. The summed E-state index contributed by atoms with van der Waals surface area (Å²) in [6.07, 6.45) is 3.22. The molecule has 0 unspecified atom stereocenters. The Bertz CT molecular complexity index is 385. The number of carbonyl (C=O) groups excluding carboxylic acids is 1. The lowest BCUT2D eigenvalue weighted by Crippen LogP contribution is -2.35.